The van der Waals surface area contributed by atoms with Gasteiger partial charge < -0.3 is 16.2 Å². The molecule has 1 rings (SSSR count). The van der Waals surface area contributed by atoms with Gasteiger partial charge in [-0.2, -0.15) is 0 Å². The third-order valence-corrected chi connectivity index (χ3v) is 2.15. The van der Waals surface area contributed by atoms with Crippen LogP contribution in [0.4, 0.5) is 5.69 Å². The number of nitrogen functional groups attached to an aromatic ring is 1. The number of rotatable bonds is 5. The van der Waals surface area contributed by atoms with Gasteiger partial charge in [-0.25, -0.2) is 4.98 Å². The van der Waals surface area contributed by atoms with E-state index in [2.05, 4.69) is 11.9 Å². The predicted molar refractivity (Wildman–Crippen MR) is 62.2 cm³/mol. The van der Waals surface area contributed by atoms with E-state index in [1.807, 2.05) is 6.92 Å². The van der Waals surface area contributed by atoms with Gasteiger partial charge in [-0.15, -0.1) is 0 Å². The highest BCUT2D eigenvalue weighted by atomic mass is 16.5. The van der Waals surface area contributed by atoms with Crippen LogP contribution < -0.4 is 16.2 Å². The Bertz CT molecular complexity index is 379. The molecule has 5 nitrogen and oxygen atoms in total. The fourth-order valence-corrected chi connectivity index (χ4v) is 1.34. The van der Waals surface area contributed by atoms with Gasteiger partial charge in [-0.1, -0.05) is 13.3 Å². The molecular formula is C11H17N3O2. The van der Waals surface area contributed by atoms with Crippen LogP contribution in [0.2, 0.25) is 0 Å². The molecule has 0 aliphatic rings. The van der Waals surface area contributed by atoms with Gasteiger partial charge in [0.15, 0.2) is 0 Å². The van der Waals surface area contributed by atoms with E-state index in [1.54, 1.807) is 6.07 Å². The Morgan fingerprint density at radius 1 is 1.56 bits per heavy atom. The molecule has 0 spiro atoms. The van der Waals surface area contributed by atoms with Crippen LogP contribution in [0.15, 0.2) is 12.1 Å². The van der Waals surface area contributed by atoms with E-state index < -0.39 is 5.91 Å². The summed E-state index contributed by atoms with van der Waals surface area (Å²) in [5.74, 6) is -0.315. The molecule has 1 unspecified atom stereocenters. The summed E-state index contributed by atoms with van der Waals surface area (Å²) in [7, 11) is 0. The highest BCUT2D eigenvalue weighted by molar-refractivity contribution is 5.91. The average molecular weight is 223 g/mol. The van der Waals surface area contributed by atoms with Crippen LogP contribution in [-0.4, -0.2) is 17.0 Å². The summed E-state index contributed by atoms with van der Waals surface area (Å²) in [6.45, 7) is 4.00. The zero-order valence-corrected chi connectivity index (χ0v) is 9.56. The Hall–Kier alpha value is -1.78. The van der Waals surface area contributed by atoms with E-state index >= 15 is 0 Å². The Balaban J connectivity index is 2.85. The predicted octanol–water partition coefficient (Wildman–Crippen LogP) is 1.33. The number of primary amides is 1. The number of anilines is 1. The van der Waals surface area contributed by atoms with Gasteiger partial charge in [0.2, 0.25) is 5.88 Å². The molecule has 0 saturated carbocycles. The molecule has 4 N–H and O–H groups in total. The number of nitrogens with zero attached hydrogens (tertiary/aromatic N) is 1. The standard InChI is InChI=1S/C11H17N3O2/c1-3-4-7(2)16-11-8(12)5-6-9(14-11)10(13)15/h5-7H,3-4,12H2,1-2H3,(H2,13,15). The van der Waals surface area contributed by atoms with Gasteiger partial charge in [-0.3, -0.25) is 4.79 Å². The Labute approximate surface area is 94.8 Å². The molecule has 1 aromatic rings. The van der Waals surface area contributed by atoms with E-state index in [9.17, 15) is 4.79 Å². The lowest BCUT2D eigenvalue weighted by molar-refractivity contribution is 0.0993. The van der Waals surface area contributed by atoms with E-state index in [4.69, 9.17) is 16.2 Å². The molecule has 0 saturated heterocycles. The van der Waals surface area contributed by atoms with Crippen LogP contribution in [0.25, 0.3) is 0 Å². The van der Waals surface area contributed by atoms with Crippen LogP contribution >= 0.6 is 0 Å². The van der Waals surface area contributed by atoms with Crippen LogP contribution in [0, 0.1) is 0 Å². The summed E-state index contributed by atoms with van der Waals surface area (Å²) in [6, 6.07) is 3.05. The average Bonchev–Trinajstić information content (AvgIpc) is 2.21. The van der Waals surface area contributed by atoms with Gasteiger partial charge in [-0.05, 0) is 25.5 Å². The number of hydrogen-bond donors (Lipinski definition) is 2. The molecule has 0 aromatic carbocycles. The van der Waals surface area contributed by atoms with Crippen molar-refractivity contribution in [3.63, 3.8) is 0 Å². The van der Waals surface area contributed by atoms with Crippen LogP contribution in [0.1, 0.15) is 37.2 Å². The molecule has 0 bridgehead atoms. The van der Waals surface area contributed by atoms with Crippen molar-refractivity contribution in [2.45, 2.75) is 32.8 Å². The lowest BCUT2D eigenvalue weighted by atomic mass is 10.2. The number of nitrogens with two attached hydrogens (primary N) is 2. The lowest BCUT2D eigenvalue weighted by Gasteiger charge is -2.14. The number of aromatic nitrogens is 1. The maximum Gasteiger partial charge on any atom is 0.267 e. The Morgan fingerprint density at radius 2 is 2.25 bits per heavy atom. The zero-order valence-electron chi connectivity index (χ0n) is 9.56. The maximum atomic E-state index is 10.9. The third kappa shape index (κ3) is 3.12. The van der Waals surface area contributed by atoms with Crippen molar-refractivity contribution in [1.29, 1.82) is 0 Å². The molecule has 5 heteroatoms. The Kier molecular flexibility index (Phi) is 4.10. The van der Waals surface area contributed by atoms with Crippen LogP contribution in [0.5, 0.6) is 5.88 Å². The minimum absolute atomic E-state index is 0.0166. The van der Waals surface area contributed by atoms with Gasteiger partial charge >= 0.3 is 0 Å². The zero-order chi connectivity index (χ0) is 12.1. The second-order valence-electron chi connectivity index (χ2n) is 3.67. The van der Waals surface area contributed by atoms with Crippen molar-refractivity contribution in [3.05, 3.63) is 17.8 Å². The molecule has 1 heterocycles. The Morgan fingerprint density at radius 3 is 2.81 bits per heavy atom. The minimum atomic E-state index is -0.590. The molecule has 16 heavy (non-hydrogen) atoms. The monoisotopic (exact) mass is 223 g/mol. The second-order valence-corrected chi connectivity index (χ2v) is 3.67. The van der Waals surface area contributed by atoms with Crippen molar-refractivity contribution in [2.24, 2.45) is 5.73 Å². The van der Waals surface area contributed by atoms with Crippen molar-refractivity contribution in [3.8, 4) is 5.88 Å². The first-order chi connectivity index (χ1) is 7.54. The molecule has 1 amide bonds. The molecule has 0 fully saturated rings. The number of amides is 1. The number of hydrogen-bond acceptors (Lipinski definition) is 4. The van der Waals surface area contributed by atoms with E-state index in [1.165, 1.54) is 6.07 Å². The first-order valence-electron chi connectivity index (χ1n) is 5.27. The number of carbonyl (C=O) groups is 1. The third-order valence-electron chi connectivity index (χ3n) is 2.15. The number of carbonyl (C=O) groups excluding carboxylic acids is 1. The van der Waals surface area contributed by atoms with E-state index in [0.717, 1.165) is 12.8 Å². The normalized spacial score (nSPS) is 12.1. The largest absolute Gasteiger partial charge is 0.473 e. The smallest absolute Gasteiger partial charge is 0.267 e. The van der Waals surface area contributed by atoms with Gasteiger partial charge in [0.25, 0.3) is 5.91 Å². The highest BCUT2D eigenvalue weighted by Crippen LogP contribution is 2.20. The molecule has 0 aliphatic carbocycles. The SMILES string of the molecule is CCCC(C)Oc1nc(C(N)=O)ccc1N. The summed E-state index contributed by atoms with van der Waals surface area (Å²) >= 11 is 0. The van der Waals surface area contributed by atoms with E-state index in [-0.39, 0.29) is 17.7 Å². The van der Waals surface area contributed by atoms with E-state index in [0.29, 0.717) is 5.69 Å². The molecule has 1 aromatic heterocycles. The van der Waals surface area contributed by atoms with Crippen LogP contribution in [-0.2, 0) is 0 Å². The second kappa shape index (κ2) is 5.34. The van der Waals surface area contributed by atoms with Gasteiger partial charge in [0.05, 0.1) is 11.8 Å². The maximum absolute atomic E-state index is 10.9. The minimum Gasteiger partial charge on any atom is -0.473 e. The van der Waals surface area contributed by atoms with Crippen molar-refractivity contribution >= 4 is 11.6 Å². The first kappa shape index (κ1) is 12.3. The molecular weight excluding hydrogens is 206 g/mol. The topological polar surface area (TPSA) is 91.2 Å². The summed E-state index contributed by atoms with van der Waals surface area (Å²) < 4.78 is 5.53. The number of pyridine rings is 1. The molecule has 88 valence electrons. The molecule has 1 atom stereocenters. The summed E-state index contributed by atoms with van der Waals surface area (Å²) in [4.78, 5) is 14.9. The highest BCUT2D eigenvalue weighted by Gasteiger charge is 2.10. The molecule has 0 radical (unpaired) electrons. The quantitative estimate of drug-likeness (QED) is 0.787. The first-order valence-corrected chi connectivity index (χ1v) is 5.27. The van der Waals surface area contributed by atoms with Gasteiger partial charge in [0.1, 0.15) is 5.69 Å². The van der Waals surface area contributed by atoms with Crippen LogP contribution in [0.3, 0.4) is 0 Å². The fourth-order valence-electron chi connectivity index (χ4n) is 1.34. The van der Waals surface area contributed by atoms with Crippen molar-refractivity contribution in [1.82, 2.24) is 4.98 Å². The summed E-state index contributed by atoms with van der Waals surface area (Å²) in [5, 5.41) is 0. The lowest BCUT2D eigenvalue weighted by Crippen LogP contribution is -2.17. The summed E-state index contributed by atoms with van der Waals surface area (Å²) in [5.41, 5.74) is 11.4. The summed E-state index contributed by atoms with van der Waals surface area (Å²) in [6.07, 6.45) is 1.93. The molecule has 0 aliphatic heterocycles. The fraction of sp³-hybridized carbons (Fsp3) is 0.455. The van der Waals surface area contributed by atoms with Crippen molar-refractivity contribution in [2.75, 3.05) is 5.73 Å². The van der Waals surface area contributed by atoms with Gasteiger partial charge in [0, 0.05) is 0 Å². The van der Waals surface area contributed by atoms with Crippen molar-refractivity contribution < 1.29 is 9.53 Å². The number of ether oxygens (including phenoxy) is 1.